The Kier molecular flexibility index (Phi) is 6.80. The van der Waals surface area contributed by atoms with Crippen LogP contribution in [0, 0.1) is 5.92 Å². The summed E-state index contributed by atoms with van der Waals surface area (Å²) in [6.07, 6.45) is 3.40. The Morgan fingerprint density at radius 2 is 1.89 bits per heavy atom. The smallest absolute Gasteiger partial charge is 0.234 e. The van der Waals surface area contributed by atoms with Crippen molar-refractivity contribution in [1.82, 2.24) is 15.5 Å². The molecule has 0 aliphatic carbocycles. The quantitative estimate of drug-likeness (QED) is 0.770. The number of carbonyl (C=O) groups excluding carboxylic acids is 1. The summed E-state index contributed by atoms with van der Waals surface area (Å²) >= 11 is 0. The van der Waals surface area contributed by atoms with Crippen LogP contribution in [0.5, 0.6) is 0 Å². The van der Waals surface area contributed by atoms with Crippen LogP contribution in [0.25, 0.3) is 0 Å². The highest BCUT2D eigenvalue weighted by Gasteiger charge is 2.21. The molecule has 112 valence electrons. The van der Waals surface area contributed by atoms with Gasteiger partial charge < -0.3 is 10.6 Å². The van der Waals surface area contributed by atoms with Crippen LogP contribution in [0.2, 0.25) is 0 Å². The molecule has 1 saturated heterocycles. The van der Waals surface area contributed by atoms with Crippen molar-refractivity contribution in [2.24, 2.45) is 5.92 Å². The van der Waals surface area contributed by atoms with E-state index in [0.717, 1.165) is 38.5 Å². The number of nitrogens with zero attached hydrogens (tertiary/aromatic N) is 1. The molecule has 2 N–H and O–H groups in total. The van der Waals surface area contributed by atoms with E-state index in [1.807, 2.05) is 0 Å². The van der Waals surface area contributed by atoms with Gasteiger partial charge in [-0.25, -0.2) is 0 Å². The minimum atomic E-state index is 0.174. The Morgan fingerprint density at radius 1 is 1.26 bits per heavy atom. The molecule has 0 unspecified atom stereocenters. The maximum absolute atomic E-state index is 11.6. The van der Waals surface area contributed by atoms with Crippen molar-refractivity contribution in [2.75, 3.05) is 32.7 Å². The largest absolute Gasteiger partial charge is 0.355 e. The Balaban J connectivity index is 2.16. The van der Waals surface area contributed by atoms with Gasteiger partial charge in [0, 0.05) is 12.1 Å². The van der Waals surface area contributed by atoms with Gasteiger partial charge in [0.15, 0.2) is 0 Å². The zero-order valence-electron chi connectivity index (χ0n) is 13.1. The first-order valence-electron chi connectivity index (χ1n) is 7.65. The molecule has 0 aromatic heterocycles. The normalized spacial score (nSPS) is 18.5. The molecule has 1 amide bonds. The van der Waals surface area contributed by atoms with E-state index in [1.165, 1.54) is 12.8 Å². The lowest BCUT2D eigenvalue weighted by Gasteiger charge is -2.33. The molecule has 19 heavy (non-hydrogen) atoms. The standard InChI is InChI=1S/C15H31N3O/c1-5-8-16-14(19)12-18-9-6-13(7-10-18)11-17-15(2,3)4/h13,17H,5-12H2,1-4H3,(H,16,19). The summed E-state index contributed by atoms with van der Waals surface area (Å²) in [4.78, 5) is 13.9. The molecular weight excluding hydrogens is 238 g/mol. The highest BCUT2D eigenvalue weighted by atomic mass is 16.2. The summed E-state index contributed by atoms with van der Waals surface area (Å²) in [6.45, 7) is 13.3. The van der Waals surface area contributed by atoms with Gasteiger partial charge in [-0.1, -0.05) is 6.92 Å². The predicted molar refractivity (Wildman–Crippen MR) is 80.2 cm³/mol. The fraction of sp³-hybridized carbons (Fsp3) is 0.933. The van der Waals surface area contributed by atoms with Gasteiger partial charge in [0.05, 0.1) is 6.54 Å². The van der Waals surface area contributed by atoms with Gasteiger partial charge in [0.25, 0.3) is 0 Å². The van der Waals surface area contributed by atoms with Crippen molar-refractivity contribution in [3.63, 3.8) is 0 Å². The fourth-order valence-electron chi connectivity index (χ4n) is 2.32. The molecule has 4 heteroatoms. The third-order valence-electron chi connectivity index (χ3n) is 3.57. The third-order valence-corrected chi connectivity index (χ3v) is 3.57. The second-order valence-corrected chi connectivity index (χ2v) is 6.70. The number of nitrogens with one attached hydrogen (secondary N) is 2. The van der Waals surface area contributed by atoms with Crippen LogP contribution >= 0.6 is 0 Å². The first kappa shape index (κ1) is 16.4. The number of amides is 1. The second kappa shape index (κ2) is 7.85. The molecular formula is C15H31N3O. The number of carbonyl (C=O) groups is 1. The monoisotopic (exact) mass is 269 g/mol. The molecule has 0 aromatic carbocycles. The predicted octanol–water partition coefficient (Wildman–Crippen LogP) is 1.61. The lowest BCUT2D eigenvalue weighted by Crippen LogP contribution is -2.45. The summed E-state index contributed by atoms with van der Waals surface area (Å²) in [5.41, 5.74) is 0.206. The van der Waals surface area contributed by atoms with Crippen molar-refractivity contribution < 1.29 is 4.79 Å². The first-order chi connectivity index (χ1) is 8.90. The number of hydrogen-bond donors (Lipinski definition) is 2. The number of hydrogen-bond acceptors (Lipinski definition) is 3. The molecule has 1 aliphatic heterocycles. The van der Waals surface area contributed by atoms with Crippen molar-refractivity contribution in [3.8, 4) is 0 Å². The molecule has 0 spiro atoms. The van der Waals surface area contributed by atoms with E-state index in [-0.39, 0.29) is 11.4 Å². The van der Waals surface area contributed by atoms with Crippen LogP contribution in [0.3, 0.4) is 0 Å². The molecule has 0 bridgehead atoms. The Morgan fingerprint density at radius 3 is 2.42 bits per heavy atom. The van der Waals surface area contributed by atoms with E-state index in [2.05, 4.69) is 43.2 Å². The minimum absolute atomic E-state index is 0.174. The zero-order chi connectivity index (χ0) is 14.3. The highest BCUT2D eigenvalue weighted by molar-refractivity contribution is 5.77. The average molecular weight is 269 g/mol. The topological polar surface area (TPSA) is 44.4 Å². The Bertz CT molecular complexity index is 265. The molecule has 4 nitrogen and oxygen atoms in total. The lowest BCUT2D eigenvalue weighted by atomic mass is 9.95. The van der Waals surface area contributed by atoms with Gasteiger partial charge in [-0.3, -0.25) is 9.69 Å². The Hall–Kier alpha value is -0.610. The first-order valence-corrected chi connectivity index (χ1v) is 7.65. The van der Waals surface area contributed by atoms with E-state index < -0.39 is 0 Å². The summed E-state index contributed by atoms with van der Waals surface area (Å²) in [5, 5.41) is 6.52. The second-order valence-electron chi connectivity index (χ2n) is 6.70. The van der Waals surface area contributed by atoms with Gasteiger partial charge in [0.1, 0.15) is 0 Å². The summed E-state index contributed by atoms with van der Waals surface area (Å²) in [7, 11) is 0. The summed E-state index contributed by atoms with van der Waals surface area (Å²) in [5.74, 6) is 0.933. The number of rotatable bonds is 6. The molecule has 1 rings (SSSR count). The maximum Gasteiger partial charge on any atom is 0.234 e. The maximum atomic E-state index is 11.6. The van der Waals surface area contributed by atoms with Crippen LogP contribution in [-0.2, 0) is 4.79 Å². The van der Waals surface area contributed by atoms with Gasteiger partial charge in [-0.2, -0.15) is 0 Å². The van der Waals surface area contributed by atoms with E-state index >= 15 is 0 Å². The molecule has 0 saturated carbocycles. The van der Waals surface area contributed by atoms with E-state index in [4.69, 9.17) is 0 Å². The van der Waals surface area contributed by atoms with Crippen LogP contribution in [0.15, 0.2) is 0 Å². The van der Waals surface area contributed by atoms with E-state index in [0.29, 0.717) is 6.54 Å². The van der Waals surface area contributed by atoms with Crippen molar-refractivity contribution in [3.05, 3.63) is 0 Å². The number of likely N-dealkylation sites (tertiary alicyclic amines) is 1. The third kappa shape index (κ3) is 7.53. The van der Waals surface area contributed by atoms with Gasteiger partial charge in [-0.15, -0.1) is 0 Å². The summed E-state index contributed by atoms with van der Waals surface area (Å²) < 4.78 is 0. The zero-order valence-corrected chi connectivity index (χ0v) is 13.1. The van der Waals surface area contributed by atoms with Gasteiger partial charge in [-0.05, 0) is 65.6 Å². The van der Waals surface area contributed by atoms with E-state index in [1.54, 1.807) is 0 Å². The van der Waals surface area contributed by atoms with Crippen LogP contribution in [-0.4, -0.2) is 49.1 Å². The molecule has 0 radical (unpaired) electrons. The van der Waals surface area contributed by atoms with Crippen LogP contribution < -0.4 is 10.6 Å². The fourth-order valence-corrected chi connectivity index (χ4v) is 2.32. The van der Waals surface area contributed by atoms with Crippen molar-refractivity contribution in [2.45, 2.75) is 52.5 Å². The van der Waals surface area contributed by atoms with E-state index in [9.17, 15) is 4.79 Å². The SMILES string of the molecule is CCCNC(=O)CN1CCC(CNC(C)(C)C)CC1. The highest BCUT2D eigenvalue weighted by Crippen LogP contribution is 2.17. The molecule has 0 atom stereocenters. The van der Waals surface area contributed by atoms with Crippen molar-refractivity contribution >= 4 is 5.91 Å². The summed E-state index contributed by atoms with van der Waals surface area (Å²) in [6, 6.07) is 0. The van der Waals surface area contributed by atoms with Gasteiger partial charge in [0.2, 0.25) is 5.91 Å². The average Bonchev–Trinajstić information content (AvgIpc) is 2.34. The van der Waals surface area contributed by atoms with Gasteiger partial charge >= 0.3 is 0 Å². The molecule has 1 heterocycles. The molecule has 1 fully saturated rings. The molecule has 0 aromatic rings. The lowest BCUT2D eigenvalue weighted by molar-refractivity contribution is -0.122. The minimum Gasteiger partial charge on any atom is -0.355 e. The van der Waals surface area contributed by atoms with Crippen LogP contribution in [0.4, 0.5) is 0 Å². The Labute approximate surface area is 118 Å². The number of piperidine rings is 1. The molecule has 1 aliphatic rings. The van der Waals surface area contributed by atoms with Crippen LogP contribution in [0.1, 0.15) is 47.0 Å². The van der Waals surface area contributed by atoms with Crippen molar-refractivity contribution in [1.29, 1.82) is 0 Å².